The fourth-order valence-electron chi connectivity index (χ4n) is 3.27. The quantitative estimate of drug-likeness (QED) is 0.334. The van der Waals surface area contributed by atoms with Crippen LogP contribution < -0.4 is 9.47 Å². The molecule has 168 valence electrons. The van der Waals surface area contributed by atoms with Gasteiger partial charge in [0.05, 0.1) is 18.6 Å². The number of thioether (sulfide) groups is 1. The van der Waals surface area contributed by atoms with Gasteiger partial charge in [0.2, 0.25) is 0 Å². The summed E-state index contributed by atoms with van der Waals surface area (Å²) in [5, 5.41) is 0.799. The minimum absolute atomic E-state index is 0.111. The standard InChI is InChI=1S/C25H19Cl2NO4S/c1-31-21-8-4-6-17(23(21)32-15-16-9-11-19(26)12-10-16)13-22-24(29)28(25(30)33-22)14-18-5-2-3-7-20(18)27/h2-13H,14-15H2,1H3/b22-13-. The second kappa shape index (κ2) is 10.3. The largest absolute Gasteiger partial charge is 0.493 e. The van der Waals surface area contributed by atoms with Crippen LogP contribution in [0.5, 0.6) is 11.5 Å². The first-order chi connectivity index (χ1) is 16.0. The Morgan fingerprint density at radius 3 is 2.45 bits per heavy atom. The lowest BCUT2D eigenvalue weighted by molar-refractivity contribution is -0.123. The first-order valence-electron chi connectivity index (χ1n) is 9.99. The smallest absolute Gasteiger partial charge is 0.293 e. The van der Waals surface area contributed by atoms with Crippen molar-refractivity contribution in [2.45, 2.75) is 13.2 Å². The van der Waals surface area contributed by atoms with Gasteiger partial charge in [-0.3, -0.25) is 14.5 Å². The van der Waals surface area contributed by atoms with E-state index in [1.54, 1.807) is 55.7 Å². The van der Waals surface area contributed by atoms with Crippen molar-refractivity contribution in [1.29, 1.82) is 0 Å². The summed E-state index contributed by atoms with van der Waals surface area (Å²) in [4.78, 5) is 27.1. The number of ether oxygens (including phenoxy) is 2. The molecule has 0 aliphatic carbocycles. The Kier molecular flexibility index (Phi) is 7.28. The number of rotatable bonds is 7. The minimum atomic E-state index is -0.378. The summed E-state index contributed by atoms with van der Waals surface area (Å²) in [5.74, 6) is 0.622. The second-order valence-corrected chi connectivity index (χ2v) is 8.99. The Labute approximate surface area is 205 Å². The maximum absolute atomic E-state index is 13.0. The van der Waals surface area contributed by atoms with Gasteiger partial charge in [0.1, 0.15) is 6.61 Å². The number of hydrogen-bond donors (Lipinski definition) is 0. The molecule has 1 aliphatic heterocycles. The van der Waals surface area contributed by atoms with E-state index >= 15 is 0 Å². The van der Waals surface area contributed by atoms with Crippen LogP contribution in [0.1, 0.15) is 16.7 Å². The van der Waals surface area contributed by atoms with Crippen LogP contribution in [-0.2, 0) is 17.9 Å². The zero-order chi connectivity index (χ0) is 23.4. The van der Waals surface area contributed by atoms with Crippen LogP contribution in [0.2, 0.25) is 10.0 Å². The molecule has 1 saturated heterocycles. The highest BCUT2D eigenvalue weighted by Gasteiger charge is 2.35. The second-order valence-electron chi connectivity index (χ2n) is 7.15. The molecule has 0 saturated carbocycles. The number of amides is 2. The van der Waals surface area contributed by atoms with E-state index in [0.29, 0.717) is 37.6 Å². The first kappa shape index (κ1) is 23.2. The molecule has 4 rings (SSSR count). The van der Waals surface area contributed by atoms with Gasteiger partial charge in [-0.2, -0.15) is 0 Å². The van der Waals surface area contributed by atoms with Crippen molar-refractivity contribution < 1.29 is 19.1 Å². The predicted octanol–water partition coefficient (Wildman–Crippen LogP) is 6.82. The van der Waals surface area contributed by atoms with Crippen molar-refractivity contribution in [3.63, 3.8) is 0 Å². The molecule has 0 aromatic heterocycles. The van der Waals surface area contributed by atoms with E-state index in [4.69, 9.17) is 32.7 Å². The number of halogens is 2. The molecule has 1 heterocycles. The summed E-state index contributed by atoms with van der Waals surface area (Å²) in [5.41, 5.74) is 2.26. The molecule has 0 spiro atoms. The molecule has 0 radical (unpaired) electrons. The Morgan fingerprint density at radius 1 is 0.970 bits per heavy atom. The molecule has 3 aromatic carbocycles. The Balaban J connectivity index is 1.59. The van der Waals surface area contributed by atoms with Gasteiger partial charge in [-0.1, -0.05) is 65.7 Å². The topological polar surface area (TPSA) is 55.8 Å². The molecule has 0 bridgehead atoms. The molecule has 1 aliphatic rings. The number of para-hydroxylation sites is 1. The van der Waals surface area contributed by atoms with Gasteiger partial charge in [-0.05, 0) is 53.2 Å². The molecule has 0 atom stereocenters. The van der Waals surface area contributed by atoms with Gasteiger partial charge in [0, 0.05) is 15.6 Å². The molecule has 8 heteroatoms. The van der Waals surface area contributed by atoms with Crippen LogP contribution in [0.3, 0.4) is 0 Å². The van der Waals surface area contributed by atoms with Crippen LogP contribution in [0.15, 0.2) is 71.6 Å². The summed E-state index contributed by atoms with van der Waals surface area (Å²) < 4.78 is 11.5. The van der Waals surface area contributed by atoms with Gasteiger partial charge in [-0.15, -0.1) is 0 Å². The number of methoxy groups -OCH3 is 1. The predicted molar refractivity (Wildman–Crippen MR) is 132 cm³/mol. The number of imide groups is 1. The van der Waals surface area contributed by atoms with Crippen LogP contribution in [0, 0.1) is 0 Å². The first-order valence-corrected chi connectivity index (χ1v) is 11.6. The summed E-state index contributed by atoms with van der Waals surface area (Å²) in [6.07, 6.45) is 1.65. The number of carbonyl (C=O) groups is 2. The van der Waals surface area contributed by atoms with Gasteiger partial charge in [0.25, 0.3) is 11.1 Å². The van der Waals surface area contributed by atoms with E-state index in [-0.39, 0.29) is 24.3 Å². The lowest BCUT2D eigenvalue weighted by atomic mass is 10.1. The lowest BCUT2D eigenvalue weighted by Gasteiger charge is -2.14. The summed E-state index contributed by atoms with van der Waals surface area (Å²) in [6, 6.07) is 19.8. The molecular weight excluding hydrogens is 481 g/mol. The molecule has 33 heavy (non-hydrogen) atoms. The van der Waals surface area contributed by atoms with Crippen molar-refractivity contribution in [1.82, 2.24) is 4.90 Å². The fraction of sp³-hybridized carbons (Fsp3) is 0.120. The van der Waals surface area contributed by atoms with E-state index < -0.39 is 0 Å². The minimum Gasteiger partial charge on any atom is -0.493 e. The third kappa shape index (κ3) is 5.36. The molecule has 5 nitrogen and oxygen atoms in total. The van der Waals surface area contributed by atoms with Crippen LogP contribution in [0.25, 0.3) is 6.08 Å². The number of hydrogen-bond acceptors (Lipinski definition) is 5. The molecule has 0 N–H and O–H groups in total. The van der Waals surface area contributed by atoms with Gasteiger partial charge in [-0.25, -0.2) is 0 Å². The van der Waals surface area contributed by atoms with Gasteiger partial charge >= 0.3 is 0 Å². The molecule has 2 amide bonds. The Morgan fingerprint density at radius 2 is 1.73 bits per heavy atom. The fourth-order valence-corrected chi connectivity index (χ4v) is 4.42. The summed E-state index contributed by atoms with van der Waals surface area (Å²) in [6.45, 7) is 0.395. The highest BCUT2D eigenvalue weighted by atomic mass is 35.5. The molecule has 3 aromatic rings. The van der Waals surface area contributed by atoms with Crippen LogP contribution >= 0.6 is 35.0 Å². The average Bonchev–Trinajstić information content (AvgIpc) is 3.07. The average molecular weight is 500 g/mol. The van der Waals surface area contributed by atoms with Crippen LogP contribution in [-0.4, -0.2) is 23.2 Å². The number of nitrogens with zero attached hydrogens (tertiary/aromatic N) is 1. The summed E-state index contributed by atoms with van der Waals surface area (Å²) in [7, 11) is 1.55. The third-order valence-corrected chi connectivity index (χ3v) is 6.50. The van der Waals surface area contributed by atoms with Crippen LogP contribution in [0.4, 0.5) is 4.79 Å². The molecule has 0 unspecified atom stereocenters. The van der Waals surface area contributed by atoms with Crippen molar-refractivity contribution in [3.8, 4) is 11.5 Å². The monoisotopic (exact) mass is 499 g/mol. The lowest BCUT2D eigenvalue weighted by Crippen LogP contribution is -2.27. The van der Waals surface area contributed by atoms with Gasteiger partial charge < -0.3 is 9.47 Å². The Hall–Kier alpha value is -2.93. The van der Waals surface area contributed by atoms with Crippen molar-refractivity contribution in [2.24, 2.45) is 0 Å². The zero-order valence-electron chi connectivity index (χ0n) is 17.6. The summed E-state index contributed by atoms with van der Waals surface area (Å²) >= 11 is 13.0. The maximum Gasteiger partial charge on any atom is 0.293 e. The van der Waals surface area contributed by atoms with Crippen molar-refractivity contribution in [3.05, 3.63) is 98.4 Å². The highest BCUT2D eigenvalue weighted by Crippen LogP contribution is 2.38. The van der Waals surface area contributed by atoms with E-state index in [9.17, 15) is 9.59 Å². The maximum atomic E-state index is 13.0. The number of benzene rings is 3. The van der Waals surface area contributed by atoms with Crippen molar-refractivity contribution in [2.75, 3.05) is 7.11 Å². The third-order valence-electron chi connectivity index (χ3n) is 4.97. The van der Waals surface area contributed by atoms with E-state index in [1.807, 2.05) is 24.3 Å². The zero-order valence-corrected chi connectivity index (χ0v) is 19.9. The molecular formula is C25H19Cl2NO4S. The van der Waals surface area contributed by atoms with E-state index in [0.717, 1.165) is 17.3 Å². The van der Waals surface area contributed by atoms with Gasteiger partial charge in [0.15, 0.2) is 11.5 Å². The number of carbonyl (C=O) groups excluding carboxylic acids is 2. The normalized spacial score (nSPS) is 14.8. The highest BCUT2D eigenvalue weighted by molar-refractivity contribution is 8.18. The SMILES string of the molecule is COc1cccc(/C=C2\SC(=O)N(Cc3ccccc3Cl)C2=O)c1OCc1ccc(Cl)cc1. The Bertz CT molecular complexity index is 1230. The van der Waals surface area contributed by atoms with E-state index in [2.05, 4.69) is 0 Å². The molecule has 1 fully saturated rings. The van der Waals surface area contributed by atoms with E-state index in [1.165, 1.54) is 4.90 Å². The van der Waals surface area contributed by atoms with Crippen molar-refractivity contribution >= 4 is 52.2 Å².